The average Bonchev–Trinajstić information content (AvgIpc) is 3.20. The molecular formula is C14H12F2N2O4. The fraction of sp³-hybridized carbons (Fsp3) is 0.429. The zero-order valence-electron chi connectivity index (χ0n) is 11.4. The molecule has 2 aromatic rings. The van der Waals surface area contributed by atoms with Crippen LogP contribution in [0, 0.1) is 5.92 Å². The van der Waals surface area contributed by atoms with Crippen LogP contribution >= 0.6 is 0 Å². The molecule has 0 radical (unpaired) electrons. The summed E-state index contributed by atoms with van der Waals surface area (Å²) in [7, 11) is 0. The van der Waals surface area contributed by atoms with Crippen molar-refractivity contribution >= 4 is 16.9 Å². The maximum Gasteiger partial charge on any atom is 0.337 e. The number of carbonyl (C=O) groups excluding carboxylic acids is 1. The number of fused-ring (bicyclic) bond motifs is 1. The van der Waals surface area contributed by atoms with Gasteiger partial charge in [-0.15, -0.1) is 0 Å². The Morgan fingerprint density at radius 3 is 2.77 bits per heavy atom. The van der Waals surface area contributed by atoms with Crippen molar-refractivity contribution in [3.8, 4) is 0 Å². The Bertz CT molecular complexity index is 852. The average molecular weight is 310 g/mol. The number of halogens is 2. The van der Waals surface area contributed by atoms with Crippen LogP contribution < -0.4 is 11.2 Å². The Morgan fingerprint density at radius 2 is 2.14 bits per heavy atom. The minimum atomic E-state index is -3.00. The highest BCUT2D eigenvalue weighted by Gasteiger charge is 2.25. The number of alkyl halides is 2. The molecule has 1 saturated carbocycles. The van der Waals surface area contributed by atoms with E-state index in [-0.39, 0.29) is 23.2 Å². The number of Topliss-reactive ketones (excluding diaryl/α,β-unsaturated/α-hetero) is 1. The van der Waals surface area contributed by atoms with Crippen molar-refractivity contribution in [2.45, 2.75) is 32.1 Å². The molecule has 2 heterocycles. The topological polar surface area (TPSA) is 93.0 Å². The molecule has 3 rings (SSSR count). The minimum Gasteiger partial charge on any atom is -0.403 e. The quantitative estimate of drug-likeness (QED) is 0.907. The molecule has 0 saturated heterocycles. The number of nitrogens with one attached hydrogen (secondary N) is 1. The summed E-state index contributed by atoms with van der Waals surface area (Å²) in [6.07, 6.45) is -0.714. The van der Waals surface area contributed by atoms with Gasteiger partial charge < -0.3 is 9.40 Å². The van der Waals surface area contributed by atoms with E-state index in [1.165, 1.54) is 0 Å². The lowest BCUT2D eigenvalue weighted by Crippen LogP contribution is -2.18. The van der Waals surface area contributed by atoms with Crippen molar-refractivity contribution < 1.29 is 18.0 Å². The number of aromatic amines is 1. The van der Waals surface area contributed by atoms with E-state index in [1.807, 2.05) is 4.98 Å². The van der Waals surface area contributed by atoms with Gasteiger partial charge in [0.15, 0.2) is 5.82 Å². The number of rotatable bonds is 5. The largest absolute Gasteiger partial charge is 0.403 e. The van der Waals surface area contributed by atoms with Crippen LogP contribution in [0.25, 0.3) is 11.1 Å². The third kappa shape index (κ3) is 2.95. The maximum absolute atomic E-state index is 12.6. The molecule has 2 aromatic heterocycles. The number of H-pyrrole nitrogens is 1. The van der Waals surface area contributed by atoms with Crippen LogP contribution in [0.3, 0.4) is 0 Å². The van der Waals surface area contributed by atoms with Crippen LogP contribution in [0.5, 0.6) is 0 Å². The number of nitrogens with zero attached hydrogens (tertiary/aromatic N) is 1. The molecule has 1 fully saturated rings. The molecule has 116 valence electrons. The summed E-state index contributed by atoms with van der Waals surface area (Å²) >= 11 is 0. The fourth-order valence-electron chi connectivity index (χ4n) is 2.34. The zero-order valence-corrected chi connectivity index (χ0v) is 11.4. The van der Waals surface area contributed by atoms with Gasteiger partial charge in [-0.3, -0.25) is 9.59 Å². The molecule has 0 aromatic carbocycles. The molecule has 0 bridgehead atoms. The van der Waals surface area contributed by atoms with Crippen molar-refractivity contribution in [2.24, 2.45) is 5.92 Å². The summed E-state index contributed by atoms with van der Waals surface area (Å²) < 4.78 is 30.0. The first-order chi connectivity index (χ1) is 10.4. The first kappa shape index (κ1) is 14.6. The SMILES string of the molecule is O=C(Cc1cc(=O)oc2nc(C(F)F)[nH]c(=O)c12)CC1CC1. The second-order valence-electron chi connectivity index (χ2n) is 5.39. The lowest BCUT2D eigenvalue weighted by Gasteiger charge is -2.05. The van der Waals surface area contributed by atoms with Gasteiger partial charge in [-0.2, -0.15) is 4.98 Å². The molecule has 1 aliphatic rings. The van der Waals surface area contributed by atoms with E-state index >= 15 is 0 Å². The molecule has 0 amide bonds. The van der Waals surface area contributed by atoms with Crippen LogP contribution in [-0.2, 0) is 11.2 Å². The van der Waals surface area contributed by atoms with Crippen LogP contribution in [0.2, 0.25) is 0 Å². The summed E-state index contributed by atoms with van der Waals surface area (Å²) in [5.74, 6) is -0.602. The first-order valence-corrected chi connectivity index (χ1v) is 6.81. The smallest absolute Gasteiger partial charge is 0.337 e. The van der Waals surface area contributed by atoms with Gasteiger partial charge in [-0.1, -0.05) is 0 Å². The number of ketones is 1. The molecule has 1 aliphatic carbocycles. The van der Waals surface area contributed by atoms with Gasteiger partial charge >= 0.3 is 5.63 Å². The highest BCUT2D eigenvalue weighted by atomic mass is 19.3. The Kier molecular flexibility index (Phi) is 3.59. The van der Waals surface area contributed by atoms with Crippen molar-refractivity contribution in [1.82, 2.24) is 9.97 Å². The summed E-state index contributed by atoms with van der Waals surface area (Å²) in [4.78, 5) is 40.8. The van der Waals surface area contributed by atoms with E-state index in [9.17, 15) is 23.2 Å². The Hall–Kier alpha value is -2.38. The maximum atomic E-state index is 12.6. The number of hydrogen-bond acceptors (Lipinski definition) is 5. The van der Waals surface area contributed by atoms with Gasteiger partial charge in [-0.25, -0.2) is 13.6 Å². The molecule has 0 aliphatic heterocycles. The number of carbonyl (C=O) groups is 1. The Labute approximate surface area is 122 Å². The lowest BCUT2D eigenvalue weighted by molar-refractivity contribution is -0.118. The summed E-state index contributed by atoms with van der Waals surface area (Å²) in [5.41, 5.74) is -1.99. The van der Waals surface area contributed by atoms with Gasteiger partial charge in [0.25, 0.3) is 12.0 Å². The predicted octanol–water partition coefficient (Wildman–Crippen LogP) is 1.73. The zero-order chi connectivity index (χ0) is 15.9. The standard InChI is InChI=1S/C14H12F2N2O4/c15-11(16)12-17-13(21)10-7(4-8(19)3-6-1-2-6)5-9(20)22-14(10)18-12/h5-6,11H,1-4H2,(H,17,18,21). The fourth-order valence-corrected chi connectivity index (χ4v) is 2.34. The monoisotopic (exact) mass is 310 g/mol. The van der Waals surface area contributed by atoms with Gasteiger partial charge in [0.1, 0.15) is 11.2 Å². The molecule has 0 unspecified atom stereocenters. The molecule has 1 N–H and O–H groups in total. The van der Waals surface area contributed by atoms with Gasteiger partial charge in [-0.05, 0) is 24.3 Å². The molecule has 6 nitrogen and oxygen atoms in total. The van der Waals surface area contributed by atoms with Gasteiger partial charge in [0.05, 0.1) is 0 Å². The highest BCUT2D eigenvalue weighted by molar-refractivity contribution is 5.86. The second kappa shape index (κ2) is 5.43. The third-order valence-corrected chi connectivity index (χ3v) is 3.52. The number of aromatic nitrogens is 2. The van der Waals surface area contributed by atoms with Crippen LogP contribution in [0.4, 0.5) is 8.78 Å². The van der Waals surface area contributed by atoms with E-state index in [0.717, 1.165) is 18.9 Å². The molecular weight excluding hydrogens is 298 g/mol. The van der Waals surface area contributed by atoms with E-state index in [2.05, 4.69) is 4.98 Å². The molecule has 0 spiro atoms. The van der Waals surface area contributed by atoms with Crippen LogP contribution in [-0.4, -0.2) is 15.8 Å². The minimum absolute atomic E-state index is 0.105. The van der Waals surface area contributed by atoms with Crippen LogP contribution in [0.15, 0.2) is 20.1 Å². The molecule has 0 atom stereocenters. The Balaban J connectivity index is 2.07. The predicted molar refractivity (Wildman–Crippen MR) is 71.9 cm³/mol. The van der Waals surface area contributed by atoms with Gasteiger partial charge in [0.2, 0.25) is 5.71 Å². The van der Waals surface area contributed by atoms with E-state index in [0.29, 0.717) is 12.3 Å². The highest BCUT2D eigenvalue weighted by Crippen LogP contribution is 2.33. The third-order valence-electron chi connectivity index (χ3n) is 3.52. The van der Waals surface area contributed by atoms with Gasteiger partial charge in [0, 0.05) is 18.9 Å². The lowest BCUT2D eigenvalue weighted by atomic mass is 10.0. The van der Waals surface area contributed by atoms with Crippen molar-refractivity contribution in [2.75, 3.05) is 0 Å². The second-order valence-corrected chi connectivity index (χ2v) is 5.39. The normalized spacial score (nSPS) is 14.7. The Morgan fingerprint density at radius 1 is 1.41 bits per heavy atom. The number of hydrogen-bond donors (Lipinski definition) is 1. The van der Waals surface area contributed by atoms with E-state index in [4.69, 9.17) is 4.42 Å². The molecule has 22 heavy (non-hydrogen) atoms. The first-order valence-electron chi connectivity index (χ1n) is 6.81. The van der Waals surface area contributed by atoms with E-state index in [1.54, 1.807) is 0 Å². The van der Waals surface area contributed by atoms with Crippen molar-refractivity contribution in [3.63, 3.8) is 0 Å². The van der Waals surface area contributed by atoms with E-state index < -0.39 is 29.1 Å². The summed E-state index contributed by atoms with van der Waals surface area (Å²) in [6, 6.07) is 1.03. The van der Waals surface area contributed by atoms with Crippen molar-refractivity contribution in [3.05, 3.63) is 38.2 Å². The summed E-state index contributed by atoms with van der Waals surface area (Å²) in [5, 5.41) is -0.131. The van der Waals surface area contributed by atoms with Crippen molar-refractivity contribution in [1.29, 1.82) is 0 Å². The molecule has 8 heteroatoms. The van der Waals surface area contributed by atoms with Crippen LogP contribution in [0.1, 0.15) is 37.1 Å². The summed E-state index contributed by atoms with van der Waals surface area (Å²) in [6.45, 7) is 0.